The van der Waals surface area contributed by atoms with Gasteiger partial charge >= 0.3 is 0 Å². The van der Waals surface area contributed by atoms with E-state index in [2.05, 4.69) is 33.8 Å². The molecule has 0 aromatic heterocycles. The summed E-state index contributed by atoms with van der Waals surface area (Å²) < 4.78 is 26.4. The molecule has 6 heteroatoms. The molecule has 4 nitrogen and oxygen atoms in total. The summed E-state index contributed by atoms with van der Waals surface area (Å²) >= 11 is 0. The summed E-state index contributed by atoms with van der Waals surface area (Å²) in [5, 5.41) is 19.7. The van der Waals surface area contributed by atoms with E-state index in [1.807, 2.05) is 0 Å². The maximum atomic E-state index is 13.2. The summed E-state index contributed by atoms with van der Waals surface area (Å²) in [6.07, 6.45) is 17.7. The lowest BCUT2D eigenvalue weighted by molar-refractivity contribution is 0.147. The van der Waals surface area contributed by atoms with Crippen LogP contribution in [0.1, 0.15) is 124 Å². The zero-order valence-corrected chi connectivity index (χ0v) is 24.0. The van der Waals surface area contributed by atoms with Gasteiger partial charge in [0.05, 0.1) is 10.8 Å². The van der Waals surface area contributed by atoms with Gasteiger partial charge < -0.3 is 10.2 Å². The van der Waals surface area contributed by atoms with E-state index in [-0.39, 0.29) is 34.5 Å². The lowest BCUT2D eigenvalue weighted by atomic mass is 9.88. The third kappa shape index (κ3) is 10.1. The zero-order valence-electron chi connectivity index (χ0n) is 22.4. The van der Waals surface area contributed by atoms with E-state index in [0.29, 0.717) is 5.25 Å². The molecular weight excluding hydrogens is 464 g/mol. The van der Waals surface area contributed by atoms with Crippen molar-refractivity contribution in [1.29, 1.82) is 0 Å². The van der Waals surface area contributed by atoms with Gasteiger partial charge in [0.1, 0.15) is 0 Å². The third-order valence-corrected chi connectivity index (χ3v) is 12.2. The number of allylic oxidation sites excluding steroid dienone is 2. The summed E-state index contributed by atoms with van der Waals surface area (Å²) in [4.78, 5) is 1.11. The van der Waals surface area contributed by atoms with Crippen LogP contribution in [0.15, 0.2) is 11.0 Å². The van der Waals surface area contributed by atoms with Crippen LogP contribution in [0.3, 0.4) is 0 Å². The predicted octanol–water partition coefficient (Wildman–Crippen LogP) is 6.39. The van der Waals surface area contributed by atoms with Crippen LogP contribution in [-0.2, 0) is 21.6 Å². The van der Waals surface area contributed by atoms with E-state index in [0.717, 1.165) is 101 Å². The molecule has 0 aliphatic carbocycles. The molecule has 0 radical (unpaired) electrons. The fourth-order valence-electron chi connectivity index (χ4n) is 5.30. The quantitative estimate of drug-likeness (QED) is 0.247. The molecule has 0 aromatic rings. The van der Waals surface area contributed by atoms with Crippen molar-refractivity contribution in [3.8, 4) is 0 Å². The Kier molecular flexibility index (Phi) is 13.0. The van der Waals surface area contributed by atoms with Gasteiger partial charge in [-0.25, -0.2) is 0 Å². The first kappa shape index (κ1) is 30.2. The van der Waals surface area contributed by atoms with E-state index in [9.17, 15) is 18.6 Å². The largest absolute Gasteiger partial charge is 0.396 e. The maximum absolute atomic E-state index is 13.2. The van der Waals surface area contributed by atoms with Gasteiger partial charge in [-0.05, 0) is 75.0 Å². The van der Waals surface area contributed by atoms with Crippen molar-refractivity contribution < 1.29 is 18.6 Å². The van der Waals surface area contributed by atoms with Gasteiger partial charge in [-0.1, -0.05) is 65.9 Å². The molecular formula is C28H52O4S2. The number of unbranched alkanes of at least 4 members (excludes halogenated alkanes) is 2. The summed E-state index contributed by atoms with van der Waals surface area (Å²) in [5.74, 6) is 0. The topological polar surface area (TPSA) is 74.6 Å². The van der Waals surface area contributed by atoms with Crippen LogP contribution in [0.2, 0.25) is 0 Å². The van der Waals surface area contributed by atoms with E-state index >= 15 is 0 Å². The van der Waals surface area contributed by atoms with Crippen LogP contribution in [0.25, 0.3) is 0 Å². The average Bonchev–Trinajstić information content (AvgIpc) is 2.81. The molecule has 2 rings (SSSR count). The number of aliphatic hydroxyl groups excluding tert-OH is 2. The third-order valence-electron chi connectivity index (χ3n) is 7.96. The molecule has 200 valence electrons. The molecule has 34 heavy (non-hydrogen) atoms. The summed E-state index contributed by atoms with van der Waals surface area (Å²) in [7, 11) is -1.67. The van der Waals surface area contributed by atoms with Gasteiger partial charge in [0.15, 0.2) is 0 Å². The predicted molar refractivity (Wildman–Crippen MR) is 147 cm³/mol. The lowest BCUT2D eigenvalue weighted by Crippen LogP contribution is -2.31. The Hall–Kier alpha value is -0.0400. The molecule has 1 fully saturated rings. The minimum absolute atomic E-state index is 0.00844. The van der Waals surface area contributed by atoms with E-state index < -0.39 is 21.6 Å². The van der Waals surface area contributed by atoms with Gasteiger partial charge in [-0.15, -0.1) is 0 Å². The van der Waals surface area contributed by atoms with Crippen LogP contribution >= 0.6 is 0 Å². The van der Waals surface area contributed by atoms with Gasteiger partial charge in [0.25, 0.3) is 0 Å². The molecule has 5 unspecified atom stereocenters. The highest BCUT2D eigenvalue weighted by atomic mass is 32.2. The molecule has 1 saturated heterocycles. The SMILES string of the molecule is CC(C)(CO)CCCCC1CCC=C(CCC2CCCC(CCCCC(C)(C)CO)S2=O)S1=O. The second kappa shape index (κ2) is 14.6. The molecule has 5 atom stereocenters. The molecule has 0 saturated carbocycles. The van der Waals surface area contributed by atoms with Gasteiger partial charge in [-0.3, -0.25) is 8.42 Å². The fraction of sp³-hybridized carbons (Fsp3) is 0.929. The normalized spacial score (nSPS) is 28.6. The van der Waals surface area contributed by atoms with Crippen molar-refractivity contribution in [2.24, 2.45) is 10.8 Å². The van der Waals surface area contributed by atoms with Crippen LogP contribution in [0, 0.1) is 10.8 Å². The standard InChI is InChI=1S/C28H52O4S2/c1-27(2,21-29)19-7-5-11-23-13-9-15-25(33(23)31)17-18-26-16-10-14-24(34(26)32)12-6-8-20-28(3,4)22-30/h15,23-24,26,29-30H,5-14,16-22H2,1-4H3. The maximum Gasteiger partial charge on any atom is 0.0516 e. The summed E-state index contributed by atoms with van der Waals surface area (Å²) in [6.45, 7) is 8.86. The molecule has 0 spiro atoms. The van der Waals surface area contributed by atoms with Gasteiger partial charge in [-0.2, -0.15) is 0 Å². The molecule has 0 bridgehead atoms. The van der Waals surface area contributed by atoms with Crippen molar-refractivity contribution in [3.63, 3.8) is 0 Å². The lowest BCUT2D eigenvalue weighted by Gasteiger charge is -2.30. The second-order valence-electron chi connectivity index (χ2n) is 12.3. The van der Waals surface area contributed by atoms with Crippen LogP contribution in [0.5, 0.6) is 0 Å². The van der Waals surface area contributed by atoms with Crippen LogP contribution < -0.4 is 0 Å². The highest BCUT2D eigenvalue weighted by Gasteiger charge is 2.31. The minimum atomic E-state index is -0.890. The number of hydrogen-bond acceptors (Lipinski definition) is 4. The molecule has 2 aliphatic rings. The number of aliphatic hydroxyl groups is 2. The van der Waals surface area contributed by atoms with Gasteiger partial charge in [0, 0.05) is 44.7 Å². The van der Waals surface area contributed by atoms with Crippen molar-refractivity contribution >= 4 is 21.6 Å². The smallest absolute Gasteiger partial charge is 0.0516 e. The van der Waals surface area contributed by atoms with Crippen molar-refractivity contribution in [3.05, 3.63) is 11.0 Å². The van der Waals surface area contributed by atoms with Crippen LogP contribution in [0.4, 0.5) is 0 Å². The highest BCUT2D eigenvalue weighted by Crippen LogP contribution is 2.33. The molecule has 0 amide bonds. The Balaban J connectivity index is 1.74. The Morgan fingerprint density at radius 2 is 1.32 bits per heavy atom. The summed E-state index contributed by atoms with van der Waals surface area (Å²) in [5.41, 5.74) is -0.0220. The minimum Gasteiger partial charge on any atom is -0.396 e. The Morgan fingerprint density at radius 3 is 1.88 bits per heavy atom. The first-order valence-corrected chi connectivity index (χ1v) is 16.3. The first-order valence-electron chi connectivity index (χ1n) is 13.8. The molecule has 2 heterocycles. The Morgan fingerprint density at radius 1 is 0.794 bits per heavy atom. The molecule has 0 aromatic carbocycles. The van der Waals surface area contributed by atoms with Crippen LogP contribution in [-0.4, -0.2) is 47.6 Å². The second-order valence-corrected chi connectivity index (χ2v) is 16.1. The Bertz CT molecular complexity index is 686. The molecule has 2 aliphatic heterocycles. The number of rotatable bonds is 15. The van der Waals surface area contributed by atoms with Crippen molar-refractivity contribution in [2.45, 2.75) is 140 Å². The van der Waals surface area contributed by atoms with E-state index in [1.165, 1.54) is 0 Å². The first-order chi connectivity index (χ1) is 16.1. The Labute approximate surface area is 214 Å². The van der Waals surface area contributed by atoms with E-state index in [4.69, 9.17) is 0 Å². The van der Waals surface area contributed by atoms with Crippen molar-refractivity contribution in [1.82, 2.24) is 0 Å². The summed E-state index contributed by atoms with van der Waals surface area (Å²) in [6, 6.07) is 0. The highest BCUT2D eigenvalue weighted by molar-refractivity contribution is 7.89. The average molecular weight is 517 g/mol. The molecule has 2 N–H and O–H groups in total. The zero-order chi connectivity index (χ0) is 25.2. The van der Waals surface area contributed by atoms with E-state index in [1.54, 1.807) is 0 Å². The number of hydrogen-bond donors (Lipinski definition) is 2. The fourth-order valence-corrected chi connectivity index (χ4v) is 9.15. The van der Waals surface area contributed by atoms with Crippen molar-refractivity contribution in [2.75, 3.05) is 13.2 Å². The van der Waals surface area contributed by atoms with Gasteiger partial charge in [0.2, 0.25) is 0 Å². The monoisotopic (exact) mass is 516 g/mol.